The van der Waals surface area contributed by atoms with Crippen LogP contribution in [0, 0.1) is 0 Å². The average molecular weight is 415 g/mol. The van der Waals surface area contributed by atoms with Gasteiger partial charge in [0.1, 0.15) is 17.3 Å². The second-order valence-corrected chi connectivity index (χ2v) is 9.39. The van der Waals surface area contributed by atoms with Crippen molar-refractivity contribution in [2.75, 3.05) is 37.9 Å². The molecule has 0 saturated heterocycles. The molecule has 0 amide bonds. The first kappa shape index (κ1) is 21.2. The number of hydrogen-bond acceptors (Lipinski definition) is 7. The standard InChI is InChI=1S/C17H22N2O6S2/c1-26(21,22)15-7-8-16(17(13-15)27(23,24)19-9-11-20)18-10-12-25-14-5-3-2-4-6-14/h2-8,13,18-20H,9-12H2,1H3. The van der Waals surface area contributed by atoms with E-state index in [0.717, 1.165) is 12.3 Å². The average Bonchev–Trinajstić information content (AvgIpc) is 2.63. The predicted octanol–water partition coefficient (Wildman–Crippen LogP) is 0.852. The highest BCUT2D eigenvalue weighted by Crippen LogP contribution is 2.25. The molecule has 0 aromatic heterocycles. The minimum atomic E-state index is -4.00. The van der Waals surface area contributed by atoms with Gasteiger partial charge in [-0.1, -0.05) is 18.2 Å². The molecule has 0 aliphatic rings. The molecule has 0 fully saturated rings. The molecule has 0 radical (unpaired) electrons. The zero-order valence-electron chi connectivity index (χ0n) is 14.8. The summed E-state index contributed by atoms with van der Waals surface area (Å²) in [5, 5.41) is 11.8. The van der Waals surface area contributed by atoms with E-state index < -0.39 is 19.9 Å². The van der Waals surface area contributed by atoms with Crippen LogP contribution < -0.4 is 14.8 Å². The van der Waals surface area contributed by atoms with Crippen molar-refractivity contribution in [1.82, 2.24) is 4.72 Å². The number of anilines is 1. The number of aliphatic hydroxyl groups is 1. The summed E-state index contributed by atoms with van der Waals surface area (Å²) in [6, 6.07) is 13.0. The van der Waals surface area contributed by atoms with E-state index in [2.05, 4.69) is 10.0 Å². The molecule has 2 aromatic carbocycles. The third-order valence-electron chi connectivity index (χ3n) is 3.50. The topological polar surface area (TPSA) is 122 Å². The number of nitrogens with one attached hydrogen (secondary N) is 2. The van der Waals surface area contributed by atoms with Crippen LogP contribution in [0.5, 0.6) is 5.75 Å². The van der Waals surface area contributed by atoms with Crippen molar-refractivity contribution in [2.24, 2.45) is 0 Å². The van der Waals surface area contributed by atoms with Crippen LogP contribution in [0.1, 0.15) is 0 Å². The van der Waals surface area contributed by atoms with E-state index >= 15 is 0 Å². The van der Waals surface area contributed by atoms with Gasteiger partial charge in [-0.2, -0.15) is 0 Å². The lowest BCUT2D eigenvalue weighted by Crippen LogP contribution is -2.28. The Balaban J connectivity index is 2.18. The summed E-state index contributed by atoms with van der Waals surface area (Å²) in [6.07, 6.45) is 1.00. The van der Waals surface area contributed by atoms with E-state index in [1.165, 1.54) is 12.1 Å². The summed E-state index contributed by atoms with van der Waals surface area (Å²) in [5.74, 6) is 0.684. The van der Waals surface area contributed by atoms with Crippen LogP contribution in [0.25, 0.3) is 0 Å². The molecule has 3 N–H and O–H groups in total. The molecule has 2 rings (SSSR count). The van der Waals surface area contributed by atoms with Crippen molar-refractivity contribution in [1.29, 1.82) is 0 Å². The molecule has 0 heterocycles. The molecule has 0 saturated carbocycles. The van der Waals surface area contributed by atoms with E-state index in [-0.39, 0.29) is 35.2 Å². The zero-order valence-corrected chi connectivity index (χ0v) is 16.4. The van der Waals surface area contributed by atoms with Crippen LogP contribution in [0.4, 0.5) is 5.69 Å². The van der Waals surface area contributed by atoms with Gasteiger partial charge in [0.25, 0.3) is 0 Å². The Morgan fingerprint density at radius 3 is 2.33 bits per heavy atom. The molecule has 0 atom stereocenters. The lowest BCUT2D eigenvalue weighted by Gasteiger charge is -2.15. The molecule has 2 aromatic rings. The van der Waals surface area contributed by atoms with E-state index in [9.17, 15) is 16.8 Å². The molecule has 0 unspecified atom stereocenters. The van der Waals surface area contributed by atoms with Gasteiger partial charge in [0.15, 0.2) is 9.84 Å². The van der Waals surface area contributed by atoms with Crippen molar-refractivity contribution >= 4 is 25.5 Å². The van der Waals surface area contributed by atoms with Gasteiger partial charge in [0, 0.05) is 19.3 Å². The largest absolute Gasteiger partial charge is 0.492 e. The molecule has 0 bridgehead atoms. The second-order valence-electron chi connectivity index (χ2n) is 5.64. The quantitative estimate of drug-likeness (QED) is 0.493. The Morgan fingerprint density at radius 1 is 1.00 bits per heavy atom. The summed E-state index contributed by atoms with van der Waals surface area (Å²) >= 11 is 0. The van der Waals surface area contributed by atoms with Gasteiger partial charge < -0.3 is 15.2 Å². The molecule has 8 nitrogen and oxygen atoms in total. The number of ether oxygens (including phenoxy) is 1. The Hall–Kier alpha value is -2.14. The summed E-state index contributed by atoms with van der Waals surface area (Å²) in [6.45, 7) is 0.0255. The van der Waals surface area contributed by atoms with Crippen LogP contribution in [0.3, 0.4) is 0 Å². The summed E-state index contributed by atoms with van der Waals surface area (Å²) < 4.78 is 56.2. The first-order valence-electron chi connectivity index (χ1n) is 8.10. The molecular weight excluding hydrogens is 392 g/mol. The summed E-state index contributed by atoms with van der Waals surface area (Å²) in [4.78, 5) is -0.323. The lowest BCUT2D eigenvalue weighted by atomic mass is 10.3. The number of sulfone groups is 1. The number of benzene rings is 2. The Kier molecular flexibility index (Phi) is 7.19. The number of hydrogen-bond donors (Lipinski definition) is 3. The van der Waals surface area contributed by atoms with Crippen molar-refractivity contribution in [3.05, 3.63) is 48.5 Å². The molecule has 148 valence electrons. The van der Waals surface area contributed by atoms with Crippen molar-refractivity contribution in [2.45, 2.75) is 9.79 Å². The van der Waals surface area contributed by atoms with Gasteiger partial charge in [-0.25, -0.2) is 21.6 Å². The van der Waals surface area contributed by atoms with Crippen LogP contribution in [-0.2, 0) is 19.9 Å². The van der Waals surface area contributed by atoms with Crippen molar-refractivity contribution in [3.8, 4) is 5.75 Å². The van der Waals surface area contributed by atoms with E-state index in [4.69, 9.17) is 9.84 Å². The molecular formula is C17H22N2O6S2. The molecule has 0 spiro atoms. The van der Waals surface area contributed by atoms with Crippen LogP contribution in [-0.4, -0.2) is 54.5 Å². The highest BCUT2D eigenvalue weighted by molar-refractivity contribution is 7.91. The number of aliphatic hydroxyl groups excluding tert-OH is 1. The van der Waals surface area contributed by atoms with E-state index in [1.54, 1.807) is 12.1 Å². The van der Waals surface area contributed by atoms with Crippen molar-refractivity contribution < 1.29 is 26.7 Å². The molecule has 0 aliphatic carbocycles. The normalized spacial score (nSPS) is 11.9. The molecule has 10 heteroatoms. The second kappa shape index (κ2) is 9.18. The third-order valence-corrected chi connectivity index (χ3v) is 6.12. The fourth-order valence-electron chi connectivity index (χ4n) is 2.23. The van der Waals surface area contributed by atoms with Gasteiger partial charge in [-0.15, -0.1) is 0 Å². The van der Waals surface area contributed by atoms with Crippen molar-refractivity contribution in [3.63, 3.8) is 0 Å². The van der Waals surface area contributed by atoms with Gasteiger partial charge in [-0.05, 0) is 30.3 Å². The highest BCUT2D eigenvalue weighted by atomic mass is 32.2. The van der Waals surface area contributed by atoms with Crippen LogP contribution >= 0.6 is 0 Å². The first-order chi connectivity index (χ1) is 12.7. The fraction of sp³-hybridized carbons (Fsp3) is 0.294. The maximum Gasteiger partial charge on any atom is 0.242 e. The van der Waals surface area contributed by atoms with Gasteiger partial charge >= 0.3 is 0 Å². The highest BCUT2D eigenvalue weighted by Gasteiger charge is 2.21. The molecule has 27 heavy (non-hydrogen) atoms. The Labute approximate surface area is 159 Å². The first-order valence-corrected chi connectivity index (χ1v) is 11.5. The predicted molar refractivity (Wildman–Crippen MR) is 102 cm³/mol. The maximum absolute atomic E-state index is 12.5. The fourth-order valence-corrected chi connectivity index (χ4v) is 4.18. The zero-order chi connectivity index (χ0) is 19.9. The Bertz CT molecular complexity index is 960. The summed E-state index contributed by atoms with van der Waals surface area (Å²) in [7, 11) is -7.58. The maximum atomic E-state index is 12.5. The minimum Gasteiger partial charge on any atom is -0.492 e. The van der Waals surface area contributed by atoms with E-state index in [1.807, 2.05) is 18.2 Å². The molecule has 0 aliphatic heterocycles. The SMILES string of the molecule is CS(=O)(=O)c1ccc(NCCOc2ccccc2)c(S(=O)(=O)NCCO)c1. The lowest BCUT2D eigenvalue weighted by molar-refractivity contribution is 0.301. The number of sulfonamides is 1. The number of para-hydroxylation sites is 1. The smallest absolute Gasteiger partial charge is 0.242 e. The summed E-state index contributed by atoms with van der Waals surface area (Å²) in [5.41, 5.74) is 0.240. The van der Waals surface area contributed by atoms with Gasteiger partial charge in [-0.3, -0.25) is 0 Å². The third kappa shape index (κ3) is 6.21. The number of rotatable bonds is 10. The Morgan fingerprint density at radius 2 is 1.70 bits per heavy atom. The minimum absolute atomic E-state index is 0.113. The monoisotopic (exact) mass is 414 g/mol. The van der Waals surface area contributed by atoms with Crippen LogP contribution in [0.15, 0.2) is 58.3 Å². The van der Waals surface area contributed by atoms with Gasteiger partial charge in [0.2, 0.25) is 10.0 Å². The van der Waals surface area contributed by atoms with Crippen LogP contribution in [0.2, 0.25) is 0 Å². The van der Waals surface area contributed by atoms with Gasteiger partial charge in [0.05, 0.1) is 17.2 Å². The van der Waals surface area contributed by atoms with E-state index in [0.29, 0.717) is 12.3 Å².